The van der Waals surface area contributed by atoms with Crippen molar-refractivity contribution in [3.8, 4) is 0 Å². The molecule has 0 saturated carbocycles. The van der Waals surface area contributed by atoms with Crippen molar-refractivity contribution in [1.29, 1.82) is 0 Å². The van der Waals surface area contributed by atoms with Crippen molar-refractivity contribution in [2.24, 2.45) is 0 Å². The maximum atomic E-state index is 11.5. The molecule has 0 aliphatic rings. The van der Waals surface area contributed by atoms with Gasteiger partial charge in [-0.1, -0.05) is 60.7 Å². The van der Waals surface area contributed by atoms with Gasteiger partial charge in [0, 0.05) is 0 Å². The standard InChI is InChI=1S/C16H14O2/c1-12(13-8-4-2-5-9-13)15(16(17)18)14-10-6-3-7-11-14/h2-11H,1H3,(H,17,18)/b15-12+. The Morgan fingerprint density at radius 1 is 0.833 bits per heavy atom. The van der Waals surface area contributed by atoms with Crippen LogP contribution >= 0.6 is 0 Å². The van der Waals surface area contributed by atoms with Gasteiger partial charge in [0.25, 0.3) is 0 Å². The molecule has 0 aromatic heterocycles. The largest absolute Gasteiger partial charge is 0.478 e. The molecule has 0 heterocycles. The van der Waals surface area contributed by atoms with Crippen LogP contribution in [0.5, 0.6) is 0 Å². The molecule has 1 N–H and O–H groups in total. The van der Waals surface area contributed by atoms with Crippen LogP contribution in [0.1, 0.15) is 18.1 Å². The van der Waals surface area contributed by atoms with Crippen LogP contribution in [0.3, 0.4) is 0 Å². The minimum atomic E-state index is -0.900. The van der Waals surface area contributed by atoms with Gasteiger partial charge in [-0.2, -0.15) is 0 Å². The van der Waals surface area contributed by atoms with E-state index in [1.807, 2.05) is 67.6 Å². The monoisotopic (exact) mass is 238 g/mol. The highest BCUT2D eigenvalue weighted by atomic mass is 16.4. The van der Waals surface area contributed by atoms with E-state index < -0.39 is 5.97 Å². The molecule has 0 fully saturated rings. The molecule has 0 aliphatic heterocycles. The van der Waals surface area contributed by atoms with E-state index >= 15 is 0 Å². The van der Waals surface area contributed by atoms with Crippen LogP contribution in [0.4, 0.5) is 0 Å². The summed E-state index contributed by atoms with van der Waals surface area (Å²) in [5.74, 6) is -0.900. The third kappa shape index (κ3) is 2.48. The number of benzene rings is 2. The van der Waals surface area contributed by atoms with Crippen molar-refractivity contribution < 1.29 is 9.90 Å². The number of carboxylic acids is 1. The Labute approximate surface area is 106 Å². The first-order valence-corrected chi connectivity index (χ1v) is 5.75. The summed E-state index contributed by atoms with van der Waals surface area (Å²) in [6.45, 7) is 1.84. The molecule has 0 spiro atoms. The first-order valence-electron chi connectivity index (χ1n) is 5.75. The zero-order valence-corrected chi connectivity index (χ0v) is 10.1. The number of carbonyl (C=O) groups is 1. The summed E-state index contributed by atoms with van der Waals surface area (Å²) in [4.78, 5) is 11.5. The molecular weight excluding hydrogens is 224 g/mol. The predicted molar refractivity (Wildman–Crippen MR) is 73.0 cm³/mol. The van der Waals surface area contributed by atoms with Crippen molar-refractivity contribution in [1.82, 2.24) is 0 Å². The second-order valence-electron chi connectivity index (χ2n) is 4.04. The fourth-order valence-electron chi connectivity index (χ4n) is 1.94. The molecule has 2 rings (SSSR count). The summed E-state index contributed by atoms with van der Waals surface area (Å²) in [5.41, 5.74) is 2.78. The van der Waals surface area contributed by atoms with Crippen LogP contribution in [-0.2, 0) is 4.79 Å². The highest BCUT2D eigenvalue weighted by Crippen LogP contribution is 2.25. The summed E-state index contributed by atoms with van der Waals surface area (Å²) in [5, 5.41) is 9.40. The van der Waals surface area contributed by atoms with Crippen molar-refractivity contribution >= 4 is 17.1 Å². The van der Waals surface area contributed by atoms with Gasteiger partial charge in [0.15, 0.2) is 0 Å². The fourth-order valence-corrected chi connectivity index (χ4v) is 1.94. The molecule has 0 amide bonds. The normalized spacial score (nSPS) is 11.8. The Morgan fingerprint density at radius 3 is 1.72 bits per heavy atom. The van der Waals surface area contributed by atoms with Gasteiger partial charge in [-0.3, -0.25) is 0 Å². The second kappa shape index (κ2) is 5.32. The van der Waals surface area contributed by atoms with Gasteiger partial charge >= 0.3 is 5.97 Å². The Morgan fingerprint density at radius 2 is 1.28 bits per heavy atom. The van der Waals surface area contributed by atoms with Crippen LogP contribution < -0.4 is 0 Å². The Bertz CT molecular complexity index is 569. The Balaban J connectivity index is 2.58. The zero-order valence-electron chi connectivity index (χ0n) is 10.1. The molecule has 90 valence electrons. The summed E-state index contributed by atoms with van der Waals surface area (Å²) in [6.07, 6.45) is 0. The Kier molecular flexibility index (Phi) is 3.58. The SMILES string of the molecule is C/C(=C(\C(=O)O)c1ccccc1)c1ccccc1. The zero-order chi connectivity index (χ0) is 13.0. The first kappa shape index (κ1) is 12.1. The molecule has 0 saturated heterocycles. The average Bonchev–Trinajstić information content (AvgIpc) is 2.40. The lowest BCUT2D eigenvalue weighted by molar-refractivity contribution is -0.130. The van der Waals surface area contributed by atoms with Crippen molar-refractivity contribution in [2.75, 3.05) is 0 Å². The molecule has 0 bridgehead atoms. The van der Waals surface area contributed by atoms with E-state index in [1.165, 1.54) is 0 Å². The summed E-state index contributed by atoms with van der Waals surface area (Å²) in [6, 6.07) is 18.8. The van der Waals surface area contributed by atoms with E-state index in [4.69, 9.17) is 0 Å². The van der Waals surface area contributed by atoms with Crippen molar-refractivity contribution in [2.45, 2.75) is 6.92 Å². The number of aliphatic carboxylic acids is 1. The van der Waals surface area contributed by atoms with Gasteiger partial charge in [-0.15, -0.1) is 0 Å². The van der Waals surface area contributed by atoms with E-state index in [9.17, 15) is 9.90 Å². The molecule has 0 aliphatic carbocycles. The van der Waals surface area contributed by atoms with Gasteiger partial charge in [-0.25, -0.2) is 4.79 Å². The highest BCUT2D eigenvalue weighted by molar-refractivity contribution is 6.23. The van der Waals surface area contributed by atoms with Gasteiger partial charge in [0.2, 0.25) is 0 Å². The highest BCUT2D eigenvalue weighted by Gasteiger charge is 2.14. The molecule has 0 unspecified atom stereocenters. The van der Waals surface area contributed by atoms with Crippen LogP contribution in [0.15, 0.2) is 60.7 Å². The fraction of sp³-hybridized carbons (Fsp3) is 0.0625. The molecule has 0 radical (unpaired) electrons. The molecule has 2 aromatic carbocycles. The number of rotatable bonds is 3. The van der Waals surface area contributed by atoms with Gasteiger partial charge in [0.1, 0.15) is 0 Å². The molecule has 2 heteroatoms. The van der Waals surface area contributed by atoms with Gasteiger partial charge < -0.3 is 5.11 Å². The summed E-state index contributed by atoms with van der Waals surface area (Å²) >= 11 is 0. The maximum absolute atomic E-state index is 11.5. The number of hydrogen-bond donors (Lipinski definition) is 1. The molecule has 2 nitrogen and oxygen atoms in total. The van der Waals surface area contributed by atoms with Gasteiger partial charge in [-0.05, 0) is 23.6 Å². The number of carboxylic acid groups (broad SMARTS) is 1. The minimum absolute atomic E-state index is 0.349. The van der Waals surface area contributed by atoms with Crippen LogP contribution in [0.25, 0.3) is 11.1 Å². The predicted octanol–water partition coefficient (Wildman–Crippen LogP) is 3.70. The van der Waals surface area contributed by atoms with Crippen molar-refractivity contribution in [3.05, 3.63) is 71.8 Å². The van der Waals surface area contributed by atoms with E-state index in [0.29, 0.717) is 5.57 Å². The van der Waals surface area contributed by atoms with E-state index in [2.05, 4.69) is 0 Å². The summed E-state index contributed by atoms with van der Waals surface area (Å²) in [7, 11) is 0. The molecule has 2 aromatic rings. The smallest absolute Gasteiger partial charge is 0.336 e. The number of hydrogen-bond acceptors (Lipinski definition) is 1. The Hall–Kier alpha value is -2.35. The van der Waals surface area contributed by atoms with Crippen LogP contribution in [-0.4, -0.2) is 11.1 Å². The lowest BCUT2D eigenvalue weighted by Gasteiger charge is -2.09. The lowest BCUT2D eigenvalue weighted by Crippen LogP contribution is -2.02. The van der Waals surface area contributed by atoms with E-state index in [0.717, 1.165) is 16.7 Å². The second-order valence-corrected chi connectivity index (χ2v) is 4.04. The molecule has 18 heavy (non-hydrogen) atoms. The summed E-state index contributed by atoms with van der Waals surface area (Å²) < 4.78 is 0. The third-order valence-electron chi connectivity index (χ3n) is 2.86. The quantitative estimate of drug-likeness (QED) is 0.654. The van der Waals surface area contributed by atoms with Gasteiger partial charge in [0.05, 0.1) is 5.57 Å². The number of allylic oxidation sites excluding steroid dienone is 1. The first-order chi connectivity index (χ1) is 8.70. The topological polar surface area (TPSA) is 37.3 Å². The third-order valence-corrected chi connectivity index (χ3v) is 2.86. The maximum Gasteiger partial charge on any atom is 0.336 e. The minimum Gasteiger partial charge on any atom is -0.478 e. The van der Waals surface area contributed by atoms with Crippen LogP contribution in [0.2, 0.25) is 0 Å². The van der Waals surface area contributed by atoms with Crippen molar-refractivity contribution in [3.63, 3.8) is 0 Å². The molecular formula is C16H14O2. The van der Waals surface area contributed by atoms with E-state index in [-0.39, 0.29) is 0 Å². The van der Waals surface area contributed by atoms with Crippen LogP contribution in [0, 0.1) is 0 Å². The lowest BCUT2D eigenvalue weighted by atomic mass is 9.96. The molecule has 0 atom stereocenters. The average molecular weight is 238 g/mol. The van der Waals surface area contributed by atoms with E-state index in [1.54, 1.807) is 0 Å².